The number of amides is 1. The van der Waals surface area contributed by atoms with Gasteiger partial charge in [-0.3, -0.25) is 9.59 Å². The maximum absolute atomic E-state index is 12.5. The van der Waals surface area contributed by atoms with E-state index < -0.39 is 0 Å². The molecule has 10 heteroatoms. The molecule has 35 heavy (non-hydrogen) atoms. The van der Waals surface area contributed by atoms with E-state index in [-0.39, 0.29) is 24.6 Å². The predicted molar refractivity (Wildman–Crippen MR) is 133 cm³/mol. The molecule has 0 aliphatic heterocycles. The first-order valence-corrected chi connectivity index (χ1v) is 11.5. The van der Waals surface area contributed by atoms with Crippen molar-refractivity contribution in [3.05, 3.63) is 76.0 Å². The molecule has 0 fully saturated rings. The largest absolute Gasteiger partial charge is 0.497 e. The monoisotopic (exact) mass is 492 g/mol. The first kappa shape index (κ1) is 24.0. The lowest BCUT2D eigenvalue weighted by Gasteiger charge is -2.11. The summed E-state index contributed by atoms with van der Waals surface area (Å²) in [6, 6.07) is 15.9. The van der Waals surface area contributed by atoms with Crippen LogP contribution < -0.4 is 25.1 Å². The molecular weight excluding hydrogens is 468 g/mol. The van der Waals surface area contributed by atoms with Crippen molar-refractivity contribution >= 4 is 17.2 Å². The van der Waals surface area contributed by atoms with Crippen molar-refractivity contribution in [1.82, 2.24) is 20.1 Å². The number of carbonyl (C=O) groups is 1. The molecule has 4 aromatic rings. The molecule has 1 amide bonds. The zero-order chi connectivity index (χ0) is 24.8. The molecule has 0 saturated heterocycles. The summed E-state index contributed by atoms with van der Waals surface area (Å²) >= 11 is 1.49. The van der Waals surface area contributed by atoms with Crippen molar-refractivity contribution in [3.63, 3.8) is 0 Å². The van der Waals surface area contributed by atoms with Gasteiger partial charge in [0.1, 0.15) is 17.3 Å². The Balaban J connectivity index is 1.41. The number of aromatic nitrogens is 3. The van der Waals surface area contributed by atoms with Gasteiger partial charge in [-0.05, 0) is 48.5 Å². The number of rotatable bonds is 9. The highest BCUT2D eigenvalue weighted by Gasteiger charge is 2.12. The van der Waals surface area contributed by atoms with Crippen LogP contribution in [-0.4, -0.2) is 42.0 Å². The second-order valence-corrected chi connectivity index (χ2v) is 8.29. The van der Waals surface area contributed by atoms with Gasteiger partial charge in [0, 0.05) is 22.6 Å². The third-order valence-corrected chi connectivity index (χ3v) is 6.13. The molecule has 2 aromatic heterocycles. The molecule has 0 unspecified atom stereocenters. The van der Waals surface area contributed by atoms with E-state index in [1.54, 1.807) is 45.6 Å². The van der Waals surface area contributed by atoms with Crippen LogP contribution in [0.4, 0.5) is 0 Å². The molecule has 180 valence electrons. The molecule has 2 aromatic carbocycles. The van der Waals surface area contributed by atoms with Gasteiger partial charge in [-0.15, -0.1) is 11.3 Å². The van der Waals surface area contributed by atoms with Crippen LogP contribution in [0.3, 0.4) is 0 Å². The summed E-state index contributed by atoms with van der Waals surface area (Å²) in [6.45, 7) is 0.0328. The van der Waals surface area contributed by atoms with Gasteiger partial charge in [0.05, 0.1) is 39.3 Å². The fraction of sp³-hybridized carbons (Fsp3) is 0.200. The normalized spacial score (nSPS) is 10.6. The number of thiazole rings is 1. The quantitative estimate of drug-likeness (QED) is 0.382. The van der Waals surface area contributed by atoms with Crippen LogP contribution in [0.2, 0.25) is 0 Å². The number of hydrogen-bond donors (Lipinski definition) is 1. The van der Waals surface area contributed by atoms with Gasteiger partial charge >= 0.3 is 0 Å². The van der Waals surface area contributed by atoms with E-state index in [9.17, 15) is 9.59 Å². The number of hydrogen-bond acceptors (Lipinski definition) is 8. The Morgan fingerprint density at radius 3 is 2.40 bits per heavy atom. The topological polar surface area (TPSA) is 105 Å². The van der Waals surface area contributed by atoms with Crippen molar-refractivity contribution < 1.29 is 19.0 Å². The van der Waals surface area contributed by atoms with E-state index in [2.05, 4.69) is 15.4 Å². The van der Waals surface area contributed by atoms with E-state index in [0.717, 1.165) is 32.3 Å². The summed E-state index contributed by atoms with van der Waals surface area (Å²) in [5, 5.41) is 9.88. The van der Waals surface area contributed by atoms with Gasteiger partial charge in [0.15, 0.2) is 11.5 Å². The van der Waals surface area contributed by atoms with Gasteiger partial charge in [0.2, 0.25) is 5.91 Å². The molecule has 1 N–H and O–H groups in total. The smallest absolute Gasteiger partial charge is 0.267 e. The van der Waals surface area contributed by atoms with Gasteiger partial charge in [-0.2, -0.15) is 5.10 Å². The third-order valence-electron chi connectivity index (χ3n) is 5.19. The average molecular weight is 493 g/mol. The fourth-order valence-electron chi connectivity index (χ4n) is 3.35. The van der Waals surface area contributed by atoms with Crippen molar-refractivity contribution in [3.8, 4) is 39.1 Å². The van der Waals surface area contributed by atoms with Crippen LogP contribution in [0.1, 0.15) is 5.69 Å². The van der Waals surface area contributed by atoms with Gasteiger partial charge in [-0.1, -0.05) is 0 Å². The lowest BCUT2D eigenvalue weighted by atomic mass is 10.1. The summed E-state index contributed by atoms with van der Waals surface area (Å²) in [7, 11) is 4.72. The minimum absolute atomic E-state index is 0.213. The van der Waals surface area contributed by atoms with Crippen LogP contribution in [0.25, 0.3) is 21.8 Å². The Bertz CT molecular complexity index is 1380. The maximum atomic E-state index is 12.5. The fourth-order valence-corrected chi connectivity index (χ4v) is 4.17. The minimum Gasteiger partial charge on any atom is -0.497 e. The molecule has 0 atom stereocenters. The van der Waals surface area contributed by atoms with Gasteiger partial charge in [-0.25, -0.2) is 9.67 Å². The molecule has 0 aliphatic rings. The highest BCUT2D eigenvalue weighted by molar-refractivity contribution is 7.13. The first-order valence-electron chi connectivity index (χ1n) is 10.7. The molecule has 4 rings (SSSR count). The van der Waals surface area contributed by atoms with Gasteiger partial charge < -0.3 is 19.5 Å². The number of ether oxygens (including phenoxy) is 3. The van der Waals surface area contributed by atoms with Crippen LogP contribution in [-0.2, 0) is 17.9 Å². The Morgan fingerprint density at radius 2 is 1.69 bits per heavy atom. The number of nitrogens with one attached hydrogen (secondary N) is 1. The molecule has 0 saturated carbocycles. The zero-order valence-electron chi connectivity index (χ0n) is 19.5. The van der Waals surface area contributed by atoms with Crippen LogP contribution >= 0.6 is 11.3 Å². The van der Waals surface area contributed by atoms with Crippen molar-refractivity contribution in [1.29, 1.82) is 0 Å². The molecule has 0 bridgehead atoms. The highest BCUT2D eigenvalue weighted by Crippen LogP contribution is 2.31. The van der Waals surface area contributed by atoms with Crippen molar-refractivity contribution in [2.45, 2.75) is 13.1 Å². The standard InChI is InChI=1S/C25H24N4O5S/c1-32-19-7-4-16(5-8-19)25-27-18(15-35-25)13-26-23(30)14-29-24(31)11-9-20(28-29)17-6-10-21(33-2)22(12-17)34-3/h4-12,15H,13-14H2,1-3H3,(H,26,30). The minimum atomic E-state index is -0.375. The zero-order valence-corrected chi connectivity index (χ0v) is 20.3. The van der Waals surface area contributed by atoms with E-state index in [1.165, 1.54) is 17.4 Å². The maximum Gasteiger partial charge on any atom is 0.267 e. The first-order chi connectivity index (χ1) is 17.0. The number of carbonyl (C=O) groups excluding carboxylic acids is 1. The summed E-state index contributed by atoms with van der Waals surface area (Å²) in [5.74, 6) is 1.56. The van der Waals surface area contributed by atoms with Crippen LogP contribution in [0.5, 0.6) is 17.2 Å². The molecule has 9 nitrogen and oxygen atoms in total. The molecular formula is C25H24N4O5S. The van der Waals surface area contributed by atoms with E-state index in [4.69, 9.17) is 14.2 Å². The Hall–Kier alpha value is -4.18. The van der Waals surface area contributed by atoms with Crippen molar-refractivity contribution in [2.75, 3.05) is 21.3 Å². The second kappa shape index (κ2) is 10.8. The second-order valence-electron chi connectivity index (χ2n) is 7.43. The molecule has 2 heterocycles. The van der Waals surface area contributed by atoms with Crippen LogP contribution in [0.15, 0.2) is 64.8 Å². The Morgan fingerprint density at radius 1 is 0.943 bits per heavy atom. The average Bonchev–Trinajstić information content (AvgIpc) is 3.37. The summed E-state index contributed by atoms with van der Waals surface area (Å²) < 4.78 is 16.9. The van der Waals surface area contributed by atoms with E-state index in [0.29, 0.717) is 17.2 Å². The van der Waals surface area contributed by atoms with Gasteiger partial charge in [0.25, 0.3) is 5.56 Å². The predicted octanol–water partition coefficient (Wildman–Crippen LogP) is 3.38. The Labute approximate surface area is 205 Å². The number of nitrogens with zero attached hydrogens (tertiary/aromatic N) is 3. The van der Waals surface area contributed by atoms with E-state index in [1.807, 2.05) is 29.6 Å². The van der Waals surface area contributed by atoms with E-state index >= 15 is 0 Å². The Kier molecular flexibility index (Phi) is 7.41. The SMILES string of the molecule is COc1ccc(-c2nc(CNC(=O)Cn3nc(-c4ccc(OC)c(OC)c4)ccc3=O)cs2)cc1. The summed E-state index contributed by atoms with van der Waals surface area (Å²) in [6.07, 6.45) is 0. The molecule has 0 spiro atoms. The lowest BCUT2D eigenvalue weighted by molar-refractivity contribution is -0.122. The third kappa shape index (κ3) is 5.67. The van der Waals surface area contributed by atoms with Crippen LogP contribution in [0, 0.1) is 0 Å². The molecule has 0 radical (unpaired) electrons. The van der Waals surface area contributed by atoms with Crippen molar-refractivity contribution in [2.24, 2.45) is 0 Å². The lowest BCUT2D eigenvalue weighted by Crippen LogP contribution is -2.33. The molecule has 0 aliphatic carbocycles. The number of methoxy groups -OCH3 is 3. The highest BCUT2D eigenvalue weighted by atomic mass is 32.1. The number of benzene rings is 2. The summed E-state index contributed by atoms with van der Waals surface area (Å²) in [4.78, 5) is 29.4. The summed E-state index contributed by atoms with van der Waals surface area (Å²) in [5.41, 5.74) is 2.58.